The summed E-state index contributed by atoms with van der Waals surface area (Å²) in [5.41, 5.74) is 4.66. The maximum absolute atomic E-state index is 12.0. The molecule has 0 bridgehead atoms. The summed E-state index contributed by atoms with van der Waals surface area (Å²) in [6.45, 7) is 3.42. The predicted octanol–water partition coefficient (Wildman–Crippen LogP) is -0.548. The molecule has 0 aromatic rings. The number of amidine groups is 1. The molecule has 1 rings (SSSR count). The molecule has 0 aliphatic carbocycles. The molecule has 0 spiro atoms. The molecule has 1 heterocycles. The Hall–Kier alpha value is -1.31. The van der Waals surface area contributed by atoms with E-state index in [0.29, 0.717) is 12.8 Å². The van der Waals surface area contributed by atoms with E-state index in [4.69, 9.17) is 10.9 Å². The van der Waals surface area contributed by atoms with Crippen LogP contribution in [0.4, 0.5) is 0 Å². The lowest BCUT2D eigenvalue weighted by Gasteiger charge is -2.26. The minimum absolute atomic E-state index is 0.0711. The molecule has 0 aromatic carbocycles. The van der Waals surface area contributed by atoms with Gasteiger partial charge in [0, 0.05) is 0 Å². The van der Waals surface area contributed by atoms with Gasteiger partial charge in [-0.25, -0.2) is 8.42 Å². The molecule has 1 saturated heterocycles. The SMILES string of the molecule is CCC(C(=O)NC1(C)CCS(=O)(=O)C1)C(N)=NO. The first-order chi connectivity index (χ1) is 8.23. The molecule has 1 fully saturated rings. The number of carbonyl (C=O) groups excluding carboxylic acids is 1. The quantitative estimate of drug-likeness (QED) is 0.275. The molecule has 1 aliphatic rings. The van der Waals surface area contributed by atoms with Crippen LogP contribution in [0.1, 0.15) is 26.7 Å². The number of nitrogens with two attached hydrogens (primary N) is 1. The molecule has 7 nitrogen and oxygen atoms in total. The molecule has 18 heavy (non-hydrogen) atoms. The van der Waals surface area contributed by atoms with Crippen LogP contribution < -0.4 is 11.1 Å². The number of nitrogens with one attached hydrogen (secondary N) is 1. The zero-order valence-electron chi connectivity index (χ0n) is 10.5. The second-order valence-electron chi connectivity index (χ2n) is 4.88. The van der Waals surface area contributed by atoms with Gasteiger partial charge in [0.1, 0.15) is 0 Å². The summed E-state index contributed by atoms with van der Waals surface area (Å²) in [6.07, 6.45) is 0.762. The van der Waals surface area contributed by atoms with Crippen LogP contribution in [-0.4, -0.2) is 42.4 Å². The highest BCUT2D eigenvalue weighted by Gasteiger charge is 2.40. The van der Waals surface area contributed by atoms with Gasteiger partial charge in [-0.05, 0) is 19.8 Å². The van der Waals surface area contributed by atoms with Gasteiger partial charge >= 0.3 is 0 Å². The van der Waals surface area contributed by atoms with Crippen molar-refractivity contribution in [1.29, 1.82) is 0 Å². The van der Waals surface area contributed by atoms with Crippen LogP contribution in [0.3, 0.4) is 0 Å². The molecule has 2 unspecified atom stereocenters. The molecule has 0 aromatic heterocycles. The van der Waals surface area contributed by atoms with E-state index in [1.54, 1.807) is 13.8 Å². The number of hydrogen-bond acceptors (Lipinski definition) is 5. The van der Waals surface area contributed by atoms with Crippen molar-refractivity contribution >= 4 is 21.6 Å². The Morgan fingerprint density at radius 1 is 1.61 bits per heavy atom. The second-order valence-corrected chi connectivity index (χ2v) is 7.06. The topological polar surface area (TPSA) is 122 Å². The van der Waals surface area contributed by atoms with Gasteiger partial charge in [-0.15, -0.1) is 0 Å². The Kier molecular flexibility index (Phi) is 4.20. The number of nitrogens with zero attached hydrogens (tertiary/aromatic N) is 1. The van der Waals surface area contributed by atoms with Crippen molar-refractivity contribution in [2.24, 2.45) is 16.8 Å². The first-order valence-electron chi connectivity index (χ1n) is 5.73. The van der Waals surface area contributed by atoms with E-state index in [2.05, 4.69) is 10.5 Å². The normalized spacial score (nSPS) is 28.9. The van der Waals surface area contributed by atoms with E-state index in [1.165, 1.54) is 0 Å². The fourth-order valence-corrected chi connectivity index (χ4v) is 4.19. The third-order valence-electron chi connectivity index (χ3n) is 3.13. The zero-order valence-corrected chi connectivity index (χ0v) is 11.3. The van der Waals surface area contributed by atoms with E-state index in [0.717, 1.165) is 0 Å². The molecule has 0 saturated carbocycles. The summed E-state index contributed by atoms with van der Waals surface area (Å²) in [5.74, 6) is -1.32. The number of sulfone groups is 1. The molecule has 1 aliphatic heterocycles. The summed E-state index contributed by atoms with van der Waals surface area (Å²) in [5, 5.41) is 14.1. The average Bonchev–Trinajstić information content (AvgIpc) is 2.53. The van der Waals surface area contributed by atoms with E-state index in [9.17, 15) is 13.2 Å². The van der Waals surface area contributed by atoms with Crippen molar-refractivity contribution in [3.05, 3.63) is 0 Å². The Morgan fingerprint density at radius 3 is 2.61 bits per heavy atom. The van der Waals surface area contributed by atoms with Gasteiger partial charge in [-0.3, -0.25) is 4.79 Å². The molecule has 1 amide bonds. The van der Waals surface area contributed by atoms with Gasteiger partial charge in [0.2, 0.25) is 5.91 Å². The monoisotopic (exact) mass is 277 g/mol. The van der Waals surface area contributed by atoms with Crippen molar-refractivity contribution in [3.8, 4) is 0 Å². The van der Waals surface area contributed by atoms with E-state index in [-0.39, 0.29) is 17.3 Å². The Balaban J connectivity index is 2.76. The van der Waals surface area contributed by atoms with Crippen LogP contribution in [-0.2, 0) is 14.6 Å². The highest BCUT2D eigenvalue weighted by atomic mass is 32.2. The summed E-state index contributed by atoms with van der Waals surface area (Å²) in [4.78, 5) is 12.0. The molecular formula is C10H19N3O4S. The predicted molar refractivity (Wildman–Crippen MR) is 67.0 cm³/mol. The number of amides is 1. The van der Waals surface area contributed by atoms with Crippen LogP contribution in [0.5, 0.6) is 0 Å². The summed E-state index contributed by atoms with van der Waals surface area (Å²) in [6, 6.07) is 0. The summed E-state index contributed by atoms with van der Waals surface area (Å²) >= 11 is 0. The van der Waals surface area contributed by atoms with Crippen LogP contribution in [0.2, 0.25) is 0 Å². The van der Waals surface area contributed by atoms with Crippen molar-refractivity contribution in [2.45, 2.75) is 32.2 Å². The maximum Gasteiger partial charge on any atom is 0.231 e. The van der Waals surface area contributed by atoms with Crippen LogP contribution >= 0.6 is 0 Å². The number of carbonyl (C=O) groups is 1. The van der Waals surface area contributed by atoms with Crippen molar-refractivity contribution in [1.82, 2.24) is 5.32 Å². The highest BCUT2D eigenvalue weighted by Crippen LogP contribution is 2.23. The highest BCUT2D eigenvalue weighted by molar-refractivity contribution is 7.91. The lowest BCUT2D eigenvalue weighted by molar-refractivity contribution is -0.124. The smallest absolute Gasteiger partial charge is 0.231 e. The fourth-order valence-electron chi connectivity index (χ4n) is 2.09. The molecular weight excluding hydrogens is 258 g/mol. The van der Waals surface area contributed by atoms with E-state index in [1.807, 2.05) is 0 Å². The molecule has 4 N–H and O–H groups in total. The largest absolute Gasteiger partial charge is 0.409 e. The maximum atomic E-state index is 12.0. The minimum atomic E-state index is -3.08. The molecule has 8 heteroatoms. The van der Waals surface area contributed by atoms with Crippen LogP contribution in [0.15, 0.2) is 5.16 Å². The average molecular weight is 277 g/mol. The van der Waals surface area contributed by atoms with Crippen LogP contribution in [0, 0.1) is 5.92 Å². The van der Waals surface area contributed by atoms with Gasteiger partial charge in [0.25, 0.3) is 0 Å². The summed E-state index contributed by atoms with van der Waals surface area (Å²) < 4.78 is 22.8. The minimum Gasteiger partial charge on any atom is -0.409 e. The first-order valence-corrected chi connectivity index (χ1v) is 7.55. The van der Waals surface area contributed by atoms with Crippen LogP contribution in [0.25, 0.3) is 0 Å². The van der Waals surface area contributed by atoms with Crippen molar-refractivity contribution in [2.75, 3.05) is 11.5 Å². The van der Waals surface area contributed by atoms with E-state index >= 15 is 0 Å². The lowest BCUT2D eigenvalue weighted by Crippen LogP contribution is -2.51. The lowest BCUT2D eigenvalue weighted by atomic mass is 9.98. The molecule has 104 valence electrons. The molecule has 0 radical (unpaired) electrons. The molecule has 2 atom stereocenters. The van der Waals surface area contributed by atoms with Gasteiger partial charge in [-0.2, -0.15) is 0 Å². The van der Waals surface area contributed by atoms with Crippen molar-refractivity contribution in [3.63, 3.8) is 0 Å². The number of rotatable bonds is 4. The first kappa shape index (κ1) is 14.7. The summed E-state index contributed by atoms with van der Waals surface area (Å²) in [7, 11) is -3.08. The number of oxime groups is 1. The number of hydrogen-bond donors (Lipinski definition) is 3. The Labute approximate surface area is 106 Å². The van der Waals surface area contributed by atoms with Gasteiger partial charge in [0.05, 0.1) is 23.0 Å². The van der Waals surface area contributed by atoms with Gasteiger partial charge in [0.15, 0.2) is 15.7 Å². The van der Waals surface area contributed by atoms with Gasteiger partial charge in [-0.1, -0.05) is 12.1 Å². The third-order valence-corrected chi connectivity index (χ3v) is 5.03. The second kappa shape index (κ2) is 5.13. The van der Waals surface area contributed by atoms with Gasteiger partial charge < -0.3 is 16.3 Å². The standard InChI is InChI=1S/C10H19N3O4S/c1-3-7(8(11)13-15)9(14)12-10(2)4-5-18(16,17)6-10/h7,15H,3-6H2,1-2H3,(H2,11,13)(H,12,14). The fraction of sp³-hybridized carbons (Fsp3) is 0.800. The Morgan fingerprint density at radius 2 is 2.22 bits per heavy atom. The zero-order chi connectivity index (χ0) is 14.0. The van der Waals surface area contributed by atoms with Crippen molar-refractivity contribution < 1.29 is 18.4 Å². The Bertz CT molecular complexity index is 460. The third kappa shape index (κ3) is 3.34. The van der Waals surface area contributed by atoms with E-state index < -0.39 is 27.2 Å².